The van der Waals surface area contributed by atoms with Crippen LogP contribution < -0.4 is 10.0 Å². The van der Waals surface area contributed by atoms with Crippen LogP contribution in [0.5, 0.6) is 0 Å². The van der Waals surface area contributed by atoms with Crippen LogP contribution >= 0.6 is 0 Å². The zero-order valence-electron chi connectivity index (χ0n) is 14.0. The molecule has 2 aromatic carbocycles. The minimum Gasteiger partial charge on any atom is -0.321 e. The maximum Gasteiger partial charge on any atom is 0.255 e. The number of nitrogens with one attached hydrogen (secondary N) is 2. The smallest absolute Gasteiger partial charge is 0.255 e. The van der Waals surface area contributed by atoms with Gasteiger partial charge in [0.05, 0.1) is 16.1 Å². The molecule has 2 aromatic rings. The Morgan fingerprint density at radius 1 is 1.16 bits per heavy atom. The van der Waals surface area contributed by atoms with Crippen molar-refractivity contribution in [1.82, 2.24) is 4.72 Å². The van der Waals surface area contributed by atoms with Gasteiger partial charge in [-0.3, -0.25) is 4.79 Å². The standard InChI is InChI=1S/C18H19N3O3S/c1-13(2)12-20-25(23,24)16-8-5-7-14(10-16)18(22)21-17-9-4-3-6-15(17)11-19/h3-10,13,20H,12H2,1-2H3,(H,21,22). The number of carbonyl (C=O) groups excluding carboxylic acids is 1. The first kappa shape index (κ1) is 18.6. The van der Waals surface area contributed by atoms with Crippen LogP contribution in [0.1, 0.15) is 29.8 Å². The Morgan fingerprint density at radius 3 is 2.56 bits per heavy atom. The second-order valence-electron chi connectivity index (χ2n) is 5.89. The van der Waals surface area contributed by atoms with E-state index in [2.05, 4.69) is 10.0 Å². The van der Waals surface area contributed by atoms with Crippen molar-refractivity contribution < 1.29 is 13.2 Å². The molecular weight excluding hydrogens is 338 g/mol. The van der Waals surface area contributed by atoms with E-state index in [0.29, 0.717) is 17.8 Å². The Labute approximate surface area is 147 Å². The molecule has 7 heteroatoms. The monoisotopic (exact) mass is 357 g/mol. The van der Waals surface area contributed by atoms with Crippen LogP contribution in [0.3, 0.4) is 0 Å². The van der Waals surface area contributed by atoms with Crippen molar-refractivity contribution >= 4 is 21.6 Å². The van der Waals surface area contributed by atoms with Gasteiger partial charge in [0.15, 0.2) is 0 Å². The van der Waals surface area contributed by atoms with Gasteiger partial charge in [-0.2, -0.15) is 5.26 Å². The van der Waals surface area contributed by atoms with Crippen LogP contribution in [-0.2, 0) is 10.0 Å². The summed E-state index contributed by atoms with van der Waals surface area (Å²) < 4.78 is 27.1. The minimum absolute atomic E-state index is 0.0226. The van der Waals surface area contributed by atoms with Gasteiger partial charge in [0.2, 0.25) is 10.0 Å². The van der Waals surface area contributed by atoms with Gasteiger partial charge in [-0.1, -0.05) is 32.0 Å². The molecule has 0 aromatic heterocycles. The molecule has 25 heavy (non-hydrogen) atoms. The number of hydrogen-bond donors (Lipinski definition) is 2. The van der Waals surface area contributed by atoms with E-state index in [1.165, 1.54) is 24.3 Å². The highest BCUT2D eigenvalue weighted by molar-refractivity contribution is 7.89. The highest BCUT2D eigenvalue weighted by atomic mass is 32.2. The van der Waals surface area contributed by atoms with Gasteiger partial charge in [-0.15, -0.1) is 0 Å². The number of amides is 1. The van der Waals surface area contributed by atoms with E-state index in [-0.39, 0.29) is 16.4 Å². The van der Waals surface area contributed by atoms with Crippen LogP contribution in [0.2, 0.25) is 0 Å². The van der Waals surface area contributed by atoms with Gasteiger partial charge >= 0.3 is 0 Å². The van der Waals surface area contributed by atoms with Gasteiger partial charge in [0.25, 0.3) is 5.91 Å². The number of sulfonamides is 1. The van der Waals surface area contributed by atoms with Crippen molar-refractivity contribution in [2.75, 3.05) is 11.9 Å². The molecule has 0 aliphatic carbocycles. The first-order chi connectivity index (χ1) is 11.8. The van der Waals surface area contributed by atoms with Gasteiger partial charge in [-0.25, -0.2) is 13.1 Å². The van der Waals surface area contributed by atoms with E-state index in [1.807, 2.05) is 19.9 Å². The predicted molar refractivity (Wildman–Crippen MR) is 95.6 cm³/mol. The predicted octanol–water partition coefficient (Wildman–Crippen LogP) is 2.74. The molecule has 0 heterocycles. The third-order valence-corrected chi connectivity index (χ3v) is 4.81. The fourth-order valence-electron chi connectivity index (χ4n) is 2.05. The SMILES string of the molecule is CC(C)CNS(=O)(=O)c1cccc(C(=O)Nc2ccccc2C#N)c1. The topological polar surface area (TPSA) is 99.1 Å². The summed E-state index contributed by atoms with van der Waals surface area (Å²) in [6.07, 6.45) is 0. The number of benzene rings is 2. The van der Waals surface area contributed by atoms with E-state index in [4.69, 9.17) is 5.26 Å². The summed E-state index contributed by atoms with van der Waals surface area (Å²) in [4.78, 5) is 12.4. The van der Waals surface area contributed by atoms with E-state index < -0.39 is 15.9 Å². The summed E-state index contributed by atoms with van der Waals surface area (Å²) in [5.74, 6) is -0.313. The molecule has 0 unspecified atom stereocenters. The van der Waals surface area contributed by atoms with Crippen molar-refractivity contribution in [3.63, 3.8) is 0 Å². The molecule has 6 nitrogen and oxygen atoms in total. The fraction of sp³-hybridized carbons (Fsp3) is 0.222. The quantitative estimate of drug-likeness (QED) is 0.830. The molecule has 0 spiro atoms. The molecule has 0 aliphatic rings. The normalized spacial score (nSPS) is 11.1. The van der Waals surface area contributed by atoms with Crippen LogP contribution in [0.15, 0.2) is 53.4 Å². The van der Waals surface area contributed by atoms with Crippen LogP contribution in [0, 0.1) is 17.2 Å². The highest BCUT2D eigenvalue weighted by Crippen LogP contribution is 2.17. The van der Waals surface area contributed by atoms with Crippen molar-refractivity contribution in [2.45, 2.75) is 18.7 Å². The zero-order valence-corrected chi connectivity index (χ0v) is 14.8. The summed E-state index contributed by atoms with van der Waals surface area (Å²) in [6, 6.07) is 14.4. The average molecular weight is 357 g/mol. The number of para-hydroxylation sites is 1. The minimum atomic E-state index is -3.68. The Morgan fingerprint density at radius 2 is 1.88 bits per heavy atom. The Balaban J connectivity index is 2.23. The lowest BCUT2D eigenvalue weighted by atomic mass is 10.1. The van der Waals surface area contributed by atoms with Gasteiger partial charge in [-0.05, 0) is 36.2 Å². The highest BCUT2D eigenvalue weighted by Gasteiger charge is 2.17. The lowest BCUT2D eigenvalue weighted by Gasteiger charge is -2.10. The van der Waals surface area contributed by atoms with E-state index >= 15 is 0 Å². The molecule has 2 rings (SSSR count). The summed E-state index contributed by atoms with van der Waals surface area (Å²) in [5, 5.41) is 11.7. The van der Waals surface area contributed by atoms with Crippen molar-refractivity contribution in [2.24, 2.45) is 5.92 Å². The fourth-order valence-corrected chi connectivity index (χ4v) is 3.31. The lowest BCUT2D eigenvalue weighted by molar-refractivity contribution is 0.102. The van der Waals surface area contributed by atoms with Crippen LogP contribution in [0.25, 0.3) is 0 Å². The second kappa shape index (κ2) is 7.92. The second-order valence-corrected chi connectivity index (χ2v) is 7.65. The third-order valence-electron chi connectivity index (χ3n) is 3.38. The number of nitrogens with zero attached hydrogens (tertiary/aromatic N) is 1. The third kappa shape index (κ3) is 4.89. The van der Waals surface area contributed by atoms with E-state index in [9.17, 15) is 13.2 Å². The molecule has 0 radical (unpaired) electrons. The molecule has 0 atom stereocenters. The Hall–Kier alpha value is -2.69. The molecule has 0 aliphatic heterocycles. The van der Waals surface area contributed by atoms with Crippen LogP contribution in [0.4, 0.5) is 5.69 Å². The number of rotatable bonds is 6. The summed E-state index contributed by atoms with van der Waals surface area (Å²) in [7, 11) is -3.68. The van der Waals surface area contributed by atoms with E-state index in [0.717, 1.165) is 0 Å². The van der Waals surface area contributed by atoms with Crippen molar-refractivity contribution in [3.8, 4) is 6.07 Å². The maximum absolute atomic E-state index is 12.4. The number of nitriles is 1. The largest absolute Gasteiger partial charge is 0.321 e. The van der Waals surface area contributed by atoms with Crippen molar-refractivity contribution in [1.29, 1.82) is 5.26 Å². The molecule has 2 N–H and O–H groups in total. The lowest BCUT2D eigenvalue weighted by Crippen LogP contribution is -2.27. The number of carbonyl (C=O) groups is 1. The van der Waals surface area contributed by atoms with Crippen molar-refractivity contribution in [3.05, 3.63) is 59.7 Å². The number of hydrogen-bond acceptors (Lipinski definition) is 4. The summed E-state index contributed by atoms with van der Waals surface area (Å²) >= 11 is 0. The van der Waals surface area contributed by atoms with Crippen LogP contribution in [-0.4, -0.2) is 20.9 Å². The molecule has 1 amide bonds. The molecule has 0 fully saturated rings. The molecule has 0 saturated heterocycles. The Kier molecular flexibility index (Phi) is 5.91. The van der Waals surface area contributed by atoms with Gasteiger partial charge in [0, 0.05) is 12.1 Å². The van der Waals surface area contributed by atoms with E-state index in [1.54, 1.807) is 24.3 Å². The summed E-state index contributed by atoms with van der Waals surface area (Å²) in [5.41, 5.74) is 0.902. The Bertz CT molecular complexity index is 915. The molecular formula is C18H19N3O3S. The van der Waals surface area contributed by atoms with Gasteiger partial charge < -0.3 is 5.32 Å². The zero-order chi connectivity index (χ0) is 18.4. The summed E-state index contributed by atoms with van der Waals surface area (Å²) in [6.45, 7) is 4.12. The first-order valence-corrected chi connectivity index (χ1v) is 9.22. The van der Waals surface area contributed by atoms with Gasteiger partial charge in [0.1, 0.15) is 6.07 Å². The molecule has 0 saturated carbocycles. The number of anilines is 1. The molecule has 130 valence electrons. The average Bonchev–Trinajstić information content (AvgIpc) is 2.60. The maximum atomic E-state index is 12.4. The first-order valence-electron chi connectivity index (χ1n) is 7.73. The molecule has 0 bridgehead atoms.